The molecule has 2 fully saturated rings. The van der Waals surface area contributed by atoms with Crippen molar-refractivity contribution in [2.75, 3.05) is 38.8 Å². The Morgan fingerprint density at radius 1 is 1.12 bits per heavy atom. The quantitative estimate of drug-likeness (QED) is 0.488. The highest BCUT2D eigenvalue weighted by Crippen LogP contribution is 2.41. The van der Waals surface area contributed by atoms with Crippen molar-refractivity contribution < 1.29 is 23.8 Å². The van der Waals surface area contributed by atoms with E-state index >= 15 is 0 Å². The fourth-order valence-electron chi connectivity index (χ4n) is 4.08. The van der Waals surface area contributed by atoms with E-state index in [2.05, 4.69) is 18.7 Å². The van der Waals surface area contributed by atoms with Gasteiger partial charge in [-0.2, -0.15) is 0 Å². The van der Waals surface area contributed by atoms with Crippen LogP contribution in [0.2, 0.25) is 0 Å². The van der Waals surface area contributed by atoms with E-state index in [-0.39, 0.29) is 11.8 Å². The van der Waals surface area contributed by atoms with Gasteiger partial charge in [0.2, 0.25) is 11.8 Å². The van der Waals surface area contributed by atoms with E-state index in [1.165, 1.54) is 25.3 Å². The van der Waals surface area contributed by atoms with E-state index in [4.69, 9.17) is 14.2 Å². The second-order valence-electron chi connectivity index (χ2n) is 8.87. The van der Waals surface area contributed by atoms with Gasteiger partial charge in [0, 0.05) is 32.3 Å². The van der Waals surface area contributed by atoms with Crippen LogP contribution in [-0.4, -0.2) is 50.6 Å². The van der Waals surface area contributed by atoms with Crippen LogP contribution >= 0.6 is 0 Å². The Bertz CT molecular complexity index is 1060. The van der Waals surface area contributed by atoms with Crippen LogP contribution < -0.4 is 19.1 Å². The van der Waals surface area contributed by atoms with Gasteiger partial charge in [-0.1, -0.05) is 18.7 Å². The standard InChI is InChI=1S/C27H32N2O5/c1-18(34-23-10-7-21(8-11-23)20-5-6-20)24-13-14-29(27(24)31)22-9-12-25(26(17-22)32-4)33-16-15-28(3)19(2)30/h7-12,17,20,24H,1,5-6,13-16H2,2-4H3. The summed E-state index contributed by atoms with van der Waals surface area (Å²) >= 11 is 0. The Hall–Kier alpha value is -3.48. The summed E-state index contributed by atoms with van der Waals surface area (Å²) in [5.74, 6) is 2.50. The third-order valence-electron chi connectivity index (χ3n) is 6.45. The first-order valence-corrected chi connectivity index (χ1v) is 11.7. The van der Waals surface area contributed by atoms with Gasteiger partial charge in [0.25, 0.3) is 0 Å². The van der Waals surface area contributed by atoms with Crippen molar-refractivity contribution in [3.05, 3.63) is 60.4 Å². The van der Waals surface area contributed by atoms with Crippen molar-refractivity contribution in [3.8, 4) is 17.2 Å². The van der Waals surface area contributed by atoms with Crippen LogP contribution in [0, 0.1) is 5.92 Å². The number of likely N-dealkylation sites (N-methyl/N-ethyl adjacent to an activating group) is 1. The maximum atomic E-state index is 13.2. The summed E-state index contributed by atoms with van der Waals surface area (Å²) < 4.78 is 17.2. The summed E-state index contributed by atoms with van der Waals surface area (Å²) in [6.07, 6.45) is 3.15. The lowest BCUT2D eigenvalue weighted by molar-refractivity contribution is -0.127. The van der Waals surface area contributed by atoms with Crippen LogP contribution in [0.5, 0.6) is 17.2 Å². The predicted octanol–water partition coefficient (Wildman–Crippen LogP) is 4.38. The minimum Gasteiger partial charge on any atom is -0.493 e. The van der Waals surface area contributed by atoms with Gasteiger partial charge in [-0.3, -0.25) is 9.59 Å². The first-order chi connectivity index (χ1) is 16.4. The SMILES string of the molecule is C=C(Oc1ccc(C2CC2)cc1)C1CCN(c2ccc(OCCN(C)C(C)=O)c(OC)c2)C1=O. The number of methoxy groups -OCH3 is 1. The van der Waals surface area contributed by atoms with Gasteiger partial charge in [-0.15, -0.1) is 0 Å². The van der Waals surface area contributed by atoms with Crippen molar-refractivity contribution in [2.24, 2.45) is 5.92 Å². The number of anilines is 1. The molecule has 0 bridgehead atoms. The molecular weight excluding hydrogens is 432 g/mol. The molecule has 0 spiro atoms. The van der Waals surface area contributed by atoms with Gasteiger partial charge < -0.3 is 24.0 Å². The second-order valence-corrected chi connectivity index (χ2v) is 8.87. The lowest BCUT2D eigenvalue weighted by Crippen LogP contribution is -2.29. The molecule has 0 aromatic heterocycles. The lowest BCUT2D eigenvalue weighted by Gasteiger charge is -2.20. The lowest BCUT2D eigenvalue weighted by atomic mass is 10.1. The number of rotatable bonds is 10. The highest BCUT2D eigenvalue weighted by Gasteiger charge is 2.36. The third kappa shape index (κ3) is 5.35. The minimum atomic E-state index is -0.396. The fraction of sp³-hybridized carbons (Fsp3) is 0.407. The molecule has 2 amide bonds. The fourth-order valence-corrected chi connectivity index (χ4v) is 4.08. The van der Waals surface area contributed by atoms with Crippen LogP contribution in [-0.2, 0) is 9.59 Å². The van der Waals surface area contributed by atoms with E-state index in [9.17, 15) is 9.59 Å². The van der Waals surface area contributed by atoms with Gasteiger partial charge in [-0.25, -0.2) is 0 Å². The van der Waals surface area contributed by atoms with Gasteiger partial charge in [0.05, 0.1) is 19.6 Å². The molecule has 1 aliphatic carbocycles. The van der Waals surface area contributed by atoms with Crippen LogP contribution in [0.1, 0.15) is 37.7 Å². The molecule has 0 N–H and O–H groups in total. The number of ether oxygens (including phenoxy) is 3. The summed E-state index contributed by atoms with van der Waals surface area (Å²) in [5, 5.41) is 0. The van der Waals surface area contributed by atoms with Crippen LogP contribution in [0.15, 0.2) is 54.8 Å². The average molecular weight is 465 g/mol. The zero-order chi connectivity index (χ0) is 24.2. The summed E-state index contributed by atoms with van der Waals surface area (Å²) in [6.45, 7) is 6.94. The number of hydrogen-bond donors (Lipinski definition) is 0. The Kier molecular flexibility index (Phi) is 7.10. The van der Waals surface area contributed by atoms with Crippen molar-refractivity contribution in [2.45, 2.75) is 32.1 Å². The molecule has 34 heavy (non-hydrogen) atoms. The molecule has 1 saturated carbocycles. The van der Waals surface area contributed by atoms with Gasteiger partial charge in [-0.05, 0) is 55.0 Å². The molecule has 7 nitrogen and oxygen atoms in total. The number of benzene rings is 2. The van der Waals surface area contributed by atoms with Crippen LogP contribution in [0.3, 0.4) is 0 Å². The molecule has 0 radical (unpaired) electrons. The normalized spacial score (nSPS) is 17.4. The van der Waals surface area contributed by atoms with Crippen LogP contribution in [0.25, 0.3) is 0 Å². The Balaban J connectivity index is 1.37. The summed E-state index contributed by atoms with van der Waals surface area (Å²) in [4.78, 5) is 27.8. The van der Waals surface area contributed by atoms with E-state index in [1.807, 2.05) is 18.2 Å². The topological polar surface area (TPSA) is 68.3 Å². The molecule has 1 aliphatic heterocycles. The summed E-state index contributed by atoms with van der Waals surface area (Å²) in [7, 11) is 3.29. The second kappa shape index (κ2) is 10.2. The van der Waals surface area contributed by atoms with E-state index < -0.39 is 5.92 Å². The molecule has 180 valence electrons. The van der Waals surface area contributed by atoms with Gasteiger partial charge in [0.15, 0.2) is 11.5 Å². The molecule has 2 aromatic carbocycles. The monoisotopic (exact) mass is 464 g/mol. The Labute approximate surface area is 200 Å². The molecule has 2 aromatic rings. The van der Waals surface area contributed by atoms with E-state index in [1.54, 1.807) is 36.1 Å². The molecule has 1 saturated heterocycles. The summed E-state index contributed by atoms with van der Waals surface area (Å²) in [6, 6.07) is 13.5. The molecule has 1 heterocycles. The largest absolute Gasteiger partial charge is 0.493 e. The Morgan fingerprint density at radius 3 is 2.50 bits per heavy atom. The molecule has 1 unspecified atom stereocenters. The van der Waals surface area contributed by atoms with Crippen molar-refractivity contribution >= 4 is 17.5 Å². The van der Waals surface area contributed by atoms with Crippen molar-refractivity contribution in [1.82, 2.24) is 4.90 Å². The zero-order valence-corrected chi connectivity index (χ0v) is 20.1. The van der Waals surface area contributed by atoms with Gasteiger partial charge in [0.1, 0.15) is 18.1 Å². The molecule has 1 atom stereocenters. The number of amides is 2. The maximum absolute atomic E-state index is 13.2. The van der Waals surface area contributed by atoms with E-state index in [0.717, 1.165) is 5.69 Å². The zero-order valence-electron chi connectivity index (χ0n) is 20.1. The van der Waals surface area contributed by atoms with Crippen LogP contribution in [0.4, 0.5) is 5.69 Å². The highest BCUT2D eigenvalue weighted by atomic mass is 16.5. The molecule has 2 aliphatic rings. The van der Waals surface area contributed by atoms with Gasteiger partial charge >= 0.3 is 0 Å². The highest BCUT2D eigenvalue weighted by molar-refractivity contribution is 5.98. The smallest absolute Gasteiger partial charge is 0.237 e. The molecule has 4 rings (SSSR count). The molecule has 7 heteroatoms. The van der Waals surface area contributed by atoms with E-state index in [0.29, 0.717) is 55.0 Å². The van der Waals surface area contributed by atoms with Crippen molar-refractivity contribution in [3.63, 3.8) is 0 Å². The number of nitrogens with zero attached hydrogens (tertiary/aromatic N) is 2. The number of carbonyl (C=O) groups excluding carboxylic acids is 2. The number of carbonyl (C=O) groups is 2. The summed E-state index contributed by atoms with van der Waals surface area (Å²) in [5.41, 5.74) is 2.08. The first kappa shape index (κ1) is 23.7. The number of hydrogen-bond acceptors (Lipinski definition) is 5. The molecular formula is C27H32N2O5. The third-order valence-corrected chi connectivity index (χ3v) is 6.45. The maximum Gasteiger partial charge on any atom is 0.237 e. The Morgan fingerprint density at radius 2 is 1.85 bits per heavy atom. The predicted molar refractivity (Wildman–Crippen MR) is 130 cm³/mol. The average Bonchev–Trinajstić information content (AvgIpc) is 3.61. The minimum absolute atomic E-state index is 0.0196. The van der Waals surface area contributed by atoms with Crippen molar-refractivity contribution in [1.29, 1.82) is 0 Å². The first-order valence-electron chi connectivity index (χ1n) is 11.7.